The van der Waals surface area contributed by atoms with Gasteiger partial charge < -0.3 is 5.32 Å². The van der Waals surface area contributed by atoms with Crippen LogP contribution in [0.15, 0.2) is 36.4 Å². The van der Waals surface area contributed by atoms with Gasteiger partial charge in [0.2, 0.25) is 0 Å². The Bertz CT molecular complexity index is 729. The first-order valence-corrected chi connectivity index (χ1v) is 6.14. The molecule has 0 saturated heterocycles. The highest BCUT2D eigenvalue weighted by atomic mass is 35.5. The number of anilines is 1. The van der Waals surface area contributed by atoms with Crippen molar-refractivity contribution in [1.29, 1.82) is 10.5 Å². The summed E-state index contributed by atoms with van der Waals surface area (Å²) in [7, 11) is 0. The van der Waals surface area contributed by atoms with Crippen LogP contribution in [0.1, 0.15) is 16.7 Å². The fourth-order valence-corrected chi connectivity index (χ4v) is 1.87. The maximum atomic E-state index is 13.7. The van der Waals surface area contributed by atoms with Gasteiger partial charge in [-0.25, -0.2) is 4.39 Å². The normalized spacial score (nSPS) is 9.60. The summed E-state index contributed by atoms with van der Waals surface area (Å²) in [5.74, 6) is -0.455. The number of nitrogens with one attached hydrogen (secondary N) is 1. The smallest absolute Gasteiger partial charge is 0.129 e. The van der Waals surface area contributed by atoms with E-state index in [1.165, 1.54) is 6.07 Å². The summed E-state index contributed by atoms with van der Waals surface area (Å²) in [6.45, 7) is 0.214. The third-order valence-electron chi connectivity index (χ3n) is 2.75. The quantitative estimate of drug-likeness (QED) is 0.932. The highest BCUT2D eigenvalue weighted by Crippen LogP contribution is 2.23. The molecule has 0 aromatic heterocycles. The summed E-state index contributed by atoms with van der Waals surface area (Å²) in [4.78, 5) is 0. The third kappa shape index (κ3) is 3.06. The van der Waals surface area contributed by atoms with E-state index in [0.717, 1.165) is 0 Å². The molecule has 5 heteroatoms. The van der Waals surface area contributed by atoms with Crippen LogP contribution in [0.5, 0.6) is 0 Å². The average Bonchev–Trinajstić information content (AvgIpc) is 2.47. The standard InChI is InChI=1S/C15H9ClFN3/c16-13-4-2-11(8-19)6-15(13)20-9-12-3-1-10(7-18)5-14(12)17/h1-6,20H,9H2. The van der Waals surface area contributed by atoms with Crippen molar-refractivity contribution in [2.75, 3.05) is 5.32 Å². The monoisotopic (exact) mass is 285 g/mol. The molecule has 20 heavy (non-hydrogen) atoms. The van der Waals surface area contributed by atoms with E-state index in [2.05, 4.69) is 5.32 Å². The van der Waals surface area contributed by atoms with E-state index < -0.39 is 5.82 Å². The van der Waals surface area contributed by atoms with Gasteiger partial charge in [0.15, 0.2) is 0 Å². The predicted molar refractivity (Wildman–Crippen MR) is 74.6 cm³/mol. The number of nitriles is 2. The minimum atomic E-state index is -0.455. The highest BCUT2D eigenvalue weighted by molar-refractivity contribution is 6.33. The molecule has 0 aliphatic heterocycles. The van der Waals surface area contributed by atoms with Gasteiger partial charge in [0, 0.05) is 12.1 Å². The lowest BCUT2D eigenvalue weighted by atomic mass is 10.1. The van der Waals surface area contributed by atoms with Gasteiger partial charge >= 0.3 is 0 Å². The zero-order valence-electron chi connectivity index (χ0n) is 10.3. The lowest BCUT2D eigenvalue weighted by Crippen LogP contribution is -2.03. The Hall–Kier alpha value is -2.56. The van der Waals surface area contributed by atoms with E-state index in [1.807, 2.05) is 12.1 Å². The SMILES string of the molecule is N#Cc1ccc(CNc2cc(C#N)ccc2Cl)c(F)c1. The van der Waals surface area contributed by atoms with Crippen molar-refractivity contribution >= 4 is 17.3 Å². The van der Waals surface area contributed by atoms with Gasteiger partial charge in [-0.1, -0.05) is 17.7 Å². The molecule has 1 N–H and O–H groups in total. The molecule has 2 aromatic carbocycles. The number of halogens is 2. The fourth-order valence-electron chi connectivity index (χ4n) is 1.68. The Labute approximate surface area is 120 Å². The Morgan fingerprint density at radius 3 is 2.35 bits per heavy atom. The molecular formula is C15H9ClFN3. The Morgan fingerprint density at radius 2 is 1.70 bits per heavy atom. The minimum absolute atomic E-state index is 0.214. The van der Waals surface area contributed by atoms with Crippen LogP contribution in [0.2, 0.25) is 5.02 Å². The largest absolute Gasteiger partial charge is 0.380 e. The maximum Gasteiger partial charge on any atom is 0.129 e. The third-order valence-corrected chi connectivity index (χ3v) is 3.08. The summed E-state index contributed by atoms with van der Waals surface area (Å²) in [6.07, 6.45) is 0. The van der Waals surface area contributed by atoms with Crippen LogP contribution in [0, 0.1) is 28.5 Å². The average molecular weight is 286 g/mol. The van der Waals surface area contributed by atoms with Gasteiger partial charge in [-0.05, 0) is 30.3 Å². The van der Waals surface area contributed by atoms with Gasteiger partial charge in [0.25, 0.3) is 0 Å². The van der Waals surface area contributed by atoms with Crippen molar-refractivity contribution in [2.45, 2.75) is 6.54 Å². The highest BCUT2D eigenvalue weighted by Gasteiger charge is 2.06. The van der Waals surface area contributed by atoms with Crippen molar-refractivity contribution in [2.24, 2.45) is 0 Å². The second kappa shape index (κ2) is 6.06. The van der Waals surface area contributed by atoms with E-state index in [4.69, 9.17) is 22.1 Å². The molecule has 0 saturated carbocycles. The van der Waals surface area contributed by atoms with Crippen molar-refractivity contribution in [3.05, 3.63) is 63.9 Å². The summed E-state index contributed by atoms with van der Waals surface area (Å²) >= 11 is 6.00. The number of hydrogen-bond donors (Lipinski definition) is 1. The van der Waals surface area contributed by atoms with Crippen LogP contribution in [0.25, 0.3) is 0 Å². The second-order valence-electron chi connectivity index (χ2n) is 4.08. The van der Waals surface area contributed by atoms with Crippen LogP contribution in [0.4, 0.5) is 10.1 Å². The number of rotatable bonds is 3. The first-order valence-electron chi connectivity index (χ1n) is 5.76. The van der Waals surface area contributed by atoms with Crippen molar-refractivity contribution in [3.8, 4) is 12.1 Å². The van der Waals surface area contributed by atoms with Crippen LogP contribution >= 0.6 is 11.6 Å². The van der Waals surface area contributed by atoms with Gasteiger partial charge in [-0.15, -0.1) is 0 Å². The molecule has 0 spiro atoms. The van der Waals surface area contributed by atoms with Crippen molar-refractivity contribution in [1.82, 2.24) is 0 Å². The summed E-state index contributed by atoms with van der Waals surface area (Å²) in [6, 6.07) is 13.0. The molecule has 0 atom stereocenters. The van der Waals surface area contributed by atoms with Crippen LogP contribution in [-0.4, -0.2) is 0 Å². The second-order valence-corrected chi connectivity index (χ2v) is 4.49. The molecule has 0 aliphatic carbocycles. The Balaban J connectivity index is 2.17. The van der Waals surface area contributed by atoms with Gasteiger partial charge in [-0.3, -0.25) is 0 Å². The van der Waals surface area contributed by atoms with Crippen LogP contribution in [-0.2, 0) is 6.54 Å². The van der Waals surface area contributed by atoms with E-state index in [1.54, 1.807) is 30.3 Å². The summed E-state index contributed by atoms with van der Waals surface area (Å²) in [5, 5.41) is 20.9. The van der Waals surface area contributed by atoms with Crippen molar-refractivity contribution < 1.29 is 4.39 Å². The van der Waals surface area contributed by atoms with E-state index in [0.29, 0.717) is 21.8 Å². The van der Waals surface area contributed by atoms with Crippen LogP contribution < -0.4 is 5.32 Å². The van der Waals surface area contributed by atoms with E-state index >= 15 is 0 Å². The first kappa shape index (κ1) is 13.9. The summed E-state index contributed by atoms with van der Waals surface area (Å²) in [5.41, 5.74) is 1.73. The first-order chi connectivity index (χ1) is 9.63. The number of benzene rings is 2. The molecule has 0 amide bonds. The summed E-state index contributed by atoms with van der Waals surface area (Å²) < 4.78 is 13.7. The van der Waals surface area contributed by atoms with Crippen LogP contribution in [0.3, 0.4) is 0 Å². The lowest BCUT2D eigenvalue weighted by molar-refractivity contribution is 0.612. The molecule has 0 fully saturated rings. The van der Waals surface area contributed by atoms with E-state index in [9.17, 15) is 4.39 Å². The molecule has 0 heterocycles. The molecule has 98 valence electrons. The topological polar surface area (TPSA) is 59.6 Å². The fraction of sp³-hybridized carbons (Fsp3) is 0.0667. The zero-order chi connectivity index (χ0) is 14.5. The zero-order valence-corrected chi connectivity index (χ0v) is 11.1. The molecule has 2 aromatic rings. The molecule has 0 radical (unpaired) electrons. The molecule has 0 unspecified atom stereocenters. The molecule has 3 nitrogen and oxygen atoms in total. The minimum Gasteiger partial charge on any atom is -0.380 e. The Kier molecular flexibility index (Phi) is 4.20. The van der Waals surface area contributed by atoms with Gasteiger partial charge in [-0.2, -0.15) is 10.5 Å². The lowest BCUT2D eigenvalue weighted by Gasteiger charge is -2.09. The maximum absolute atomic E-state index is 13.7. The molecule has 2 rings (SSSR count). The van der Waals surface area contributed by atoms with Gasteiger partial charge in [0.05, 0.1) is 34.0 Å². The molecule has 0 aliphatic rings. The van der Waals surface area contributed by atoms with Gasteiger partial charge in [0.1, 0.15) is 5.82 Å². The molecule has 0 bridgehead atoms. The van der Waals surface area contributed by atoms with Crippen molar-refractivity contribution in [3.63, 3.8) is 0 Å². The number of hydrogen-bond acceptors (Lipinski definition) is 3. The Morgan fingerprint density at radius 1 is 1.05 bits per heavy atom. The molecular weight excluding hydrogens is 277 g/mol. The predicted octanol–water partition coefficient (Wildman–Crippen LogP) is 3.83. The number of nitrogens with zero attached hydrogens (tertiary/aromatic N) is 2. The van der Waals surface area contributed by atoms with E-state index in [-0.39, 0.29) is 12.1 Å².